The number of para-hydroxylation sites is 1. The van der Waals surface area contributed by atoms with Crippen LogP contribution in [0.4, 0.5) is 0 Å². The number of alkyl halides is 1. The molecule has 0 aliphatic rings. The van der Waals surface area contributed by atoms with Crippen molar-refractivity contribution in [2.45, 2.75) is 6.10 Å². The monoisotopic (exact) mass is 386 g/mol. The first kappa shape index (κ1) is 15.9. The van der Waals surface area contributed by atoms with Crippen molar-refractivity contribution in [3.63, 3.8) is 0 Å². The van der Waals surface area contributed by atoms with Crippen molar-refractivity contribution in [2.24, 2.45) is 0 Å². The van der Waals surface area contributed by atoms with Gasteiger partial charge in [0.25, 0.3) is 0 Å². The lowest BCUT2D eigenvalue weighted by Crippen LogP contribution is -2.22. The highest BCUT2D eigenvalue weighted by molar-refractivity contribution is 14.1. The minimum absolute atomic E-state index is 0.281. The molecule has 0 N–H and O–H groups in total. The molecular weight excluding hydrogens is 370 g/mol. The first-order chi connectivity index (χ1) is 8.63. The molecule has 0 fully saturated rings. The fourth-order valence-electron chi connectivity index (χ4n) is 1.15. The second-order valence-electron chi connectivity index (χ2n) is 3.32. The molecule has 1 aromatic rings. The van der Waals surface area contributed by atoms with Gasteiger partial charge in [-0.1, -0.05) is 40.8 Å². The summed E-state index contributed by atoms with van der Waals surface area (Å²) in [6.45, 7) is 0.281. The third-order valence-electron chi connectivity index (χ3n) is 2.08. The van der Waals surface area contributed by atoms with Crippen molar-refractivity contribution in [2.75, 3.05) is 25.3 Å². The molecule has 0 spiro atoms. The molecule has 0 radical (unpaired) electrons. The van der Waals surface area contributed by atoms with E-state index < -0.39 is 7.82 Å². The number of phosphoric ester groups is 1. The van der Waals surface area contributed by atoms with Crippen LogP contribution in [-0.2, 0) is 18.1 Å². The number of phosphoric acid groups is 1. The van der Waals surface area contributed by atoms with E-state index in [1.807, 2.05) is 30.3 Å². The van der Waals surface area contributed by atoms with Crippen LogP contribution in [0.3, 0.4) is 0 Å². The fourth-order valence-corrected chi connectivity index (χ4v) is 2.69. The van der Waals surface area contributed by atoms with E-state index in [0.29, 0.717) is 4.43 Å². The van der Waals surface area contributed by atoms with Crippen LogP contribution in [0.25, 0.3) is 0 Å². The van der Waals surface area contributed by atoms with Gasteiger partial charge in [0.1, 0.15) is 18.5 Å². The Bertz CT molecular complexity index is 378. The average molecular weight is 386 g/mol. The summed E-state index contributed by atoms with van der Waals surface area (Å²) in [6.07, 6.45) is -0.364. The van der Waals surface area contributed by atoms with Gasteiger partial charge in [-0.15, -0.1) is 0 Å². The summed E-state index contributed by atoms with van der Waals surface area (Å²) >= 11 is 2.13. The van der Waals surface area contributed by atoms with E-state index in [0.717, 1.165) is 5.75 Å². The lowest BCUT2D eigenvalue weighted by atomic mass is 10.3. The van der Waals surface area contributed by atoms with Crippen molar-refractivity contribution >= 4 is 30.4 Å². The highest BCUT2D eigenvalue weighted by Crippen LogP contribution is 2.48. The Morgan fingerprint density at radius 1 is 1.22 bits per heavy atom. The minimum Gasteiger partial charge on any atom is -0.491 e. The Kier molecular flexibility index (Phi) is 7.18. The zero-order chi connectivity index (χ0) is 13.4. The molecule has 1 atom stereocenters. The summed E-state index contributed by atoms with van der Waals surface area (Å²) in [6, 6.07) is 9.35. The first-order valence-corrected chi connectivity index (χ1v) is 8.26. The van der Waals surface area contributed by atoms with Crippen LogP contribution in [0.2, 0.25) is 0 Å². The second-order valence-corrected chi connectivity index (χ2v) is 6.03. The van der Waals surface area contributed by atoms with Crippen molar-refractivity contribution in [1.29, 1.82) is 0 Å². The van der Waals surface area contributed by atoms with Gasteiger partial charge in [0.15, 0.2) is 0 Å². The molecule has 0 saturated carbocycles. The van der Waals surface area contributed by atoms with Crippen LogP contribution >= 0.6 is 30.4 Å². The van der Waals surface area contributed by atoms with Crippen LogP contribution in [0, 0.1) is 0 Å². The second kappa shape index (κ2) is 8.12. The first-order valence-electron chi connectivity index (χ1n) is 5.27. The van der Waals surface area contributed by atoms with E-state index in [1.165, 1.54) is 14.2 Å². The molecule has 0 aromatic heterocycles. The van der Waals surface area contributed by atoms with Gasteiger partial charge < -0.3 is 4.74 Å². The highest BCUT2D eigenvalue weighted by atomic mass is 127. The van der Waals surface area contributed by atoms with Crippen LogP contribution in [0.5, 0.6) is 5.75 Å². The Morgan fingerprint density at radius 2 is 1.83 bits per heavy atom. The van der Waals surface area contributed by atoms with E-state index in [-0.39, 0.29) is 12.7 Å². The van der Waals surface area contributed by atoms with Gasteiger partial charge in [-0.05, 0) is 12.1 Å². The third kappa shape index (κ3) is 5.24. The van der Waals surface area contributed by atoms with Crippen LogP contribution in [0.1, 0.15) is 0 Å². The average Bonchev–Trinajstić information content (AvgIpc) is 2.44. The third-order valence-corrected chi connectivity index (χ3v) is 4.51. The van der Waals surface area contributed by atoms with Crippen LogP contribution < -0.4 is 4.74 Å². The van der Waals surface area contributed by atoms with Gasteiger partial charge in [0.2, 0.25) is 0 Å². The molecule has 0 aliphatic heterocycles. The topological polar surface area (TPSA) is 54.0 Å². The molecule has 0 heterocycles. The number of ether oxygens (including phenoxy) is 1. The van der Waals surface area contributed by atoms with Crippen molar-refractivity contribution < 1.29 is 22.9 Å². The van der Waals surface area contributed by atoms with E-state index in [1.54, 1.807) is 0 Å². The number of hydrogen-bond donors (Lipinski definition) is 0. The van der Waals surface area contributed by atoms with E-state index >= 15 is 0 Å². The molecule has 102 valence electrons. The predicted molar refractivity (Wildman–Crippen MR) is 77.3 cm³/mol. The number of hydrogen-bond acceptors (Lipinski definition) is 5. The smallest absolute Gasteiger partial charge is 0.474 e. The van der Waals surface area contributed by atoms with Crippen LogP contribution in [0.15, 0.2) is 30.3 Å². The lowest BCUT2D eigenvalue weighted by Gasteiger charge is -2.20. The Hall–Kier alpha value is -0.140. The number of benzene rings is 1. The van der Waals surface area contributed by atoms with Crippen LogP contribution in [-0.4, -0.2) is 31.4 Å². The predicted octanol–water partition coefficient (Wildman–Crippen LogP) is 3.29. The molecule has 0 aliphatic carbocycles. The zero-order valence-corrected chi connectivity index (χ0v) is 13.3. The summed E-state index contributed by atoms with van der Waals surface area (Å²) in [5.41, 5.74) is 0. The van der Waals surface area contributed by atoms with Crippen molar-refractivity contribution in [1.82, 2.24) is 0 Å². The van der Waals surface area contributed by atoms with E-state index in [9.17, 15) is 4.57 Å². The molecule has 0 saturated heterocycles. The number of rotatable bonds is 8. The van der Waals surface area contributed by atoms with E-state index in [2.05, 4.69) is 22.6 Å². The Balaban J connectivity index is 2.50. The molecule has 5 nitrogen and oxygen atoms in total. The zero-order valence-electron chi connectivity index (χ0n) is 10.2. The summed E-state index contributed by atoms with van der Waals surface area (Å²) in [4.78, 5) is 0. The molecule has 1 unspecified atom stereocenters. The molecule has 0 bridgehead atoms. The van der Waals surface area contributed by atoms with Gasteiger partial charge in [-0.2, -0.15) is 0 Å². The Labute approximate surface area is 121 Å². The Morgan fingerprint density at radius 3 is 2.33 bits per heavy atom. The van der Waals surface area contributed by atoms with Crippen molar-refractivity contribution in [3.05, 3.63) is 30.3 Å². The largest absolute Gasteiger partial charge is 0.491 e. The molecular formula is C11H16IO5P. The normalized spacial score (nSPS) is 13.3. The van der Waals surface area contributed by atoms with Gasteiger partial charge in [0.05, 0.1) is 0 Å². The maximum Gasteiger partial charge on any atom is 0.474 e. The molecule has 1 aromatic carbocycles. The highest BCUT2D eigenvalue weighted by Gasteiger charge is 2.27. The van der Waals surface area contributed by atoms with Gasteiger partial charge in [-0.25, -0.2) is 4.57 Å². The summed E-state index contributed by atoms with van der Waals surface area (Å²) in [5, 5.41) is 0. The van der Waals surface area contributed by atoms with E-state index in [4.69, 9.17) is 18.3 Å². The van der Waals surface area contributed by atoms with Gasteiger partial charge in [-0.3, -0.25) is 13.6 Å². The summed E-state index contributed by atoms with van der Waals surface area (Å²) < 4.78 is 32.7. The summed E-state index contributed by atoms with van der Waals surface area (Å²) in [7, 11) is -0.891. The lowest BCUT2D eigenvalue weighted by molar-refractivity contribution is 0.0861. The fraction of sp³-hybridized carbons (Fsp3) is 0.455. The maximum absolute atomic E-state index is 11.8. The minimum atomic E-state index is -3.46. The molecule has 1 rings (SSSR count). The molecule has 0 amide bonds. The van der Waals surface area contributed by atoms with Gasteiger partial charge in [0, 0.05) is 18.6 Å². The van der Waals surface area contributed by atoms with Crippen molar-refractivity contribution in [3.8, 4) is 5.75 Å². The molecule has 7 heteroatoms. The van der Waals surface area contributed by atoms with Gasteiger partial charge >= 0.3 is 7.82 Å². The molecule has 18 heavy (non-hydrogen) atoms. The standard InChI is InChI=1S/C11H16IO5P/c1-14-18(13,15-2)17-11(8-12)9-16-10-6-4-3-5-7-10/h3-7,11H,8-9H2,1-2H3. The quantitative estimate of drug-likeness (QED) is 0.390. The maximum atomic E-state index is 11.8. The SMILES string of the molecule is COP(=O)(OC)OC(CI)COc1ccccc1. The summed E-state index contributed by atoms with van der Waals surface area (Å²) in [5.74, 6) is 0.737. The number of halogens is 1.